The zero-order chi connectivity index (χ0) is 22.0. The van der Waals surface area contributed by atoms with Crippen molar-refractivity contribution in [3.8, 4) is 0 Å². The number of ether oxygens (including phenoxy) is 1. The fourth-order valence-corrected chi connectivity index (χ4v) is 3.73. The highest BCUT2D eigenvalue weighted by Gasteiger charge is 2.40. The number of Topliss-reactive ketones (excluding diaryl/α,β-unsaturated/α-hetero) is 1. The quantitative estimate of drug-likeness (QED) is 0.528. The number of benzene rings is 2. The van der Waals surface area contributed by atoms with Crippen molar-refractivity contribution in [2.24, 2.45) is 5.73 Å². The molecule has 1 aliphatic rings. The van der Waals surface area contributed by atoms with Crippen LogP contribution in [0.3, 0.4) is 0 Å². The second-order valence-corrected chi connectivity index (χ2v) is 8.00. The maximum absolute atomic E-state index is 11.7. The van der Waals surface area contributed by atoms with E-state index in [9.17, 15) is 14.7 Å². The Morgan fingerprint density at radius 1 is 1.03 bits per heavy atom. The summed E-state index contributed by atoms with van der Waals surface area (Å²) in [5, 5.41) is 9.47. The van der Waals surface area contributed by atoms with Gasteiger partial charge in [0.15, 0.2) is 0 Å². The maximum Gasteiger partial charge on any atom is 0.313 e. The number of hydrogen-bond donors (Lipinski definition) is 2. The van der Waals surface area contributed by atoms with Gasteiger partial charge in [-0.05, 0) is 37.3 Å². The van der Waals surface area contributed by atoms with Crippen molar-refractivity contribution in [1.82, 2.24) is 0 Å². The molecular weight excluding hydrogens is 378 g/mol. The fraction of sp³-hybridized carbons (Fsp3) is 0.440. The van der Waals surface area contributed by atoms with Gasteiger partial charge >= 0.3 is 5.97 Å². The van der Waals surface area contributed by atoms with Gasteiger partial charge in [-0.3, -0.25) is 9.59 Å². The summed E-state index contributed by atoms with van der Waals surface area (Å²) in [5.41, 5.74) is 7.04. The lowest BCUT2D eigenvalue weighted by molar-refractivity contribution is -0.172. The van der Waals surface area contributed by atoms with E-state index in [1.165, 1.54) is 5.56 Å². The summed E-state index contributed by atoms with van der Waals surface area (Å²) in [6.45, 7) is 3.84. The standard InChI is InChI=1S/C16H20O3.C9H13NO/c1-2-9-16(12-14(17)11-15(18)19-16)10-8-13-6-4-3-5-7-13;1-7(10)9(11)8-5-3-2-4-6-8/h3-7H,2,8-12H2,1H3;2-7,9,11H,10H2,1H3/t16-;7-,9-/m01/s1. The summed E-state index contributed by atoms with van der Waals surface area (Å²) in [6, 6.07) is 19.3. The molecule has 0 unspecified atom stereocenters. The summed E-state index contributed by atoms with van der Waals surface area (Å²) in [6.07, 6.45) is 3.00. The van der Waals surface area contributed by atoms with E-state index in [-0.39, 0.29) is 24.2 Å². The summed E-state index contributed by atoms with van der Waals surface area (Å²) in [4.78, 5) is 23.2. The van der Waals surface area contributed by atoms with E-state index in [1.54, 1.807) is 6.92 Å². The highest BCUT2D eigenvalue weighted by molar-refractivity contribution is 5.98. The molecule has 2 aromatic carbocycles. The number of esters is 1. The second-order valence-electron chi connectivity index (χ2n) is 8.00. The molecule has 0 aromatic heterocycles. The van der Waals surface area contributed by atoms with Crippen molar-refractivity contribution < 1.29 is 19.4 Å². The molecule has 3 N–H and O–H groups in total. The van der Waals surface area contributed by atoms with Crippen LogP contribution in [-0.2, 0) is 20.7 Å². The Labute approximate surface area is 179 Å². The normalized spacial score (nSPS) is 20.5. The molecule has 0 amide bonds. The smallest absolute Gasteiger partial charge is 0.313 e. The number of aliphatic hydroxyl groups is 1. The van der Waals surface area contributed by atoms with E-state index in [1.807, 2.05) is 48.5 Å². The zero-order valence-electron chi connectivity index (χ0n) is 17.9. The molecule has 30 heavy (non-hydrogen) atoms. The number of rotatable bonds is 7. The fourth-order valence-electron chi connectivity index (χ4n) is 3.73. The van der Waals surface area contributed by atoms with Gasteiger partial charge in [-0.15, -0.1) is 0 Å². The van der Waals surface area contributed by atoms with Crippen LogP contribution in [-0.4, -0.2) is 28.5 Å². The Morgan fingerprint density at radius 3 is 2.17 bits per heavy atom. The first-order chi connectivity index (χ1) is 14.3. The largest absolute Gasteiger partial charge is 0.458 e. The lowest BCUT2D eigenvalue weighted by atomic mass is 9.83. The molecule has 0 spiro atoms. The minimum Gasteiger partial charge on any atom is -0.458 e. The SMILES string of the molecule is CCC[C@]1(CCc2ccccc2)CC(=O)CC(=O)O1.C[C@@H](N)[C@@H](O)c1ccccc1. The van der Waals surface area contributed by atoms with Gasteiger partial charge in [0, 0.05) is 12.5 Å². The van der Waals surface area contributed by atoms with E-state index in [0.717, 1.165) is 31.2 Å². The van der Waals surface area contributed by atoms with E-state index in [4.69, 9.17) is 10.5 Å². The van der Waals surface area contributed by atoms with Gasteiger partial charge in [0.05, 0.1) is 6.10 Å². The summed E-state index contributed by atoms with van der Waals surface area (Å²) in [5.74, 6) is -0.351. The van der Waals surface area contributed by atoms with Gasteiger partial charge in [-0.1, -0.05) is 74.0 Å². The van der Waals surface area contributed by atoms with E-state index in [0.29, 0.717) is 6.42 Å². The van der Waals surface area contributed by atoms with Crippen LogP contribution in [0, 0.1) is 0 Å². The molecule has 162 valence electrons. The van der Waals surface area contributed by atoms with Gasteiger partial charge in [-0.25, -0.2) is 0 Å². The average Bonchev–Trinajstić information content (AvgIpc) is 2.73. The van der Waals surface area contributed by atoms with Crippen LogP contribution < -0.4 is 5.73 Å². The van der Waals surface area contributed by atoms with Crippen LogP contribution in [0.25, 0.3) is 0 Å². The van der Waals surface area contributed by atoms with Gasteiger partial charge in [0.25, 0.3) is 0 Å². The molecule has 1 fully saturated rings. The number of aryl methyl sites for hydroxylation is 1. The molecule has 0 saturated carbocycles. The molecule has 2 aromatic rings. The first kappa shape index (κ1) is 23.8. The number of hydrogen-bond acceptors (Lipinski definition) is 5. The molecule has 3 atom stereocenters. The third-order valence-corrected chi connectivity index (χ3v) is 5.25. The number of nitrogens with two attached hydrogens (primary N) is 1. The molecular formula is C25H33NO4. The van der Waals surface area contributed by atoms with Gasteiger partial charge in [-0.2, -0.15) is 0 Å². The Balaban J connectivity index is 0.000000248. The summed E-state index contributed by atoms with van der Waals surface area (Å²) < 4.78 is 5.55. The molecule has 0 aliphatic carbocycles. The van der Waals surface area contributed by atoms with Gasteiger partial charge < -0.3 is 15.6 Å². The zero-order valence-corrected chi connectivity index (χ0v) is 17.9. The predicted molar refractivity (Wildman–Crippen MR) is 118 cm³/mol. The minimum absolute atomic E-state index is 0.0118. The minimum atomic E-state index is -0.572. The molecule has 1 aliphatic heterocycles. The van der Waals surface area contributed by atoms with Crippen molar-refractivity contribution in [2.75, 3.05) is 0 Å². The molecule has 1 saturated heterocycles. The van der Waals surface area contributed by atoms with Crippen LogP contribution in [0.4, 0.5) is 0 Å². The summed E-state index contributed by atoms with van der Waals surface area (Å²) in [7, 11) is 0. The second kappa shape index (κ2) is 11.6. The van der Waals surface area contributed by atoms with E-state index < -0.39 is 11.7 Å². The van der Waals surface area contributed by atoms with Crippen molar-refractivity contribution in [1.29, 1.82) is 0 Å². The molecule has 5 nitrogen and oxygen atoms in total. The van der Waals surface area contributed by atoms with Crippen LogP contribution in [0.2, 0.25) is 0 Å². The Hall–Kier alpha value is -2.50. The van der Waals surface area contributed by atoms with E-state index >= 15 is 0 Å². The number of carbonyl (C=O) groups is 2. The van der Waals surface area contributed by atoms with Crippen LogP contribution in [0.5, 0.6) is 0 Å². The Morgan fingerprint density at radius 2 is 1.63 bits per heavy atom. The van der Waals surface area contributed by atoms with Gasteiger partial charge in [0.2, 0.25) is 0 Å². The number of aliphatic hydroxyl groups excluding tert-OH is 1. The Bertz CT molecular complexity index is 773. The third kappa shape index (κ3) is 7.39. The lowest BCUT2D eigenvalue weighted by Crippen LogP contribution is -2.43. The average molecular weight is 412 g/mol. The molecule has 0 bridgehead atoms. The number of cyclic esters (lactones) is 1. The predicted octanol–water partition coefficient (Wildman–Crippen LogP) is 4.13. The van der Waals surface area contributed by atoms with Crippen LogP contribution in [0.15, 0.2) is 60.7 Å². The van der Waals surface area contributed by atoms with Gasteiger partial charge in [0.1, 0.15) is 17.8 Å². The highest BCUT2D eigenvalue weighted by atomic mass is 16.6. The molecule has 3 rings (SSSR count). The number of ketones is 1. The molecule has 0 radical (unpaired) electrons. The molecule has 1 heterocycles. The third-order valence-electron chi connectivity index (χ3n) is 5.25. The summed E-state index contributed by atoms with van der Waals surface area (Å²) >= 11 is 0. The van der Waals surface area contributed by atoms with Crippen molar-refractivity contribution in [2.45, 2.75) is 70.1 Å². The van der Waals surface area contributed by atoms with Crippen molar-refractivity contribution in [3.63, 3.8) is 0 Å². The molecule has 5 heteroatoms. The topological polar surface area (TPSA) is 89.6 Å². The van der Waals surface area contributed by atoms with E-state index in [2.05, 4.69) is 19.1 Å². The maximum atomic E-state index is 11.7. The Kier molecular flexibility index (Phi) is 9.21. The first-order valence-corrected chi connectivity index (χ1v) is 10.6. The van der Waals surface area contributed by atoms with Crippen molar-refractivity contribution in [3.05, 3.63) is 71.8 Å². The number of carbonyl (C=O) groups excluding carboxylic acids is 2. The monoisotopic (exact) mass is 411 g/mol. The van der Waals surface area contributed by atoms with Crippen molar-refractivity contribution >= 4 is 11.8 Å². The lowest BCUT2D eigenvalue weighted by Gasteiger charge is -2.36. The highest BCUT2D eigenvalue weighted by Crippen LogP contribution is 2.33. The van der Waals surface area contributed by atoms with Crippen LogP contribution in [0.1, 0.15) is 63.2 Å². The first-order valence-electron chi connectivity index (χ1n) is 10.6. The van der Waals surface area contributed by atoms with Crippen LogP contribution >= 0.6 is 0 Å².